The second-order valence-electron chi connectivity index (χ2n) is 5.46. The topological polar surface area (TPSA) is 109 Å². The maximum absolute atomic E-state index is 12.3. The number of hydrogen-bond acceptors (Lipinski definition) is 6. The Morgan fingerprint density at radius 3 is 2.60 bits per heavy atom. The van der Waals surface area contributed by atoms with Crippen LogP contribution in [0.15, 0.2) is 12.1 Å². The second-order valence-corrected chi connectivity index (χ2v) is 5.87. The zero-order valence-electron chi connectivity index (χ0n) is 13.5. The molecule has 25 heavy (non-hydrogen) atoms. The molecule has 0 saturated carbocycles. The summed E-state index contributed by atoms with van der Waals surface area (Å²) in [6, 6.07) is 3.15. The third-order valence-electron chi connectivity index (χ3n) is 3.73. The van der Waals surface area contributed by atoms with Crippen LogP contribution in [-0.2, 0) is 11.3 Å². The lowest BCUT2D eigenvalue weighted by atomic mass is 10.2. The second kappa shape index (κ2) is 6.60. The van der Waals surface area contributed by atoms with Gasteiger partial charge in [0.1, 0.15) is 31.1 Å². The molecule has 0 radical (unpaired) electrons. The summed E-state index contributed by atoms with van der Waals surface area (Å²) in [4.78, 5) is 22.8. The number of fused-ring (bicyclic) bond motifs is 1. The first kappa shape index (κ1) is 17.0. The number of anilines is 1. The molecule has 1 aliphatic rings. The molecule has 9 nitrogen and oxygen atoms in total. The monoisotopic (exact) mass is 366 g/mol. The van der Waals surface area contributed by atoms with Gasteiger partial charge in [0.2, 0.25) is 5.91 Å². The number of ether oxygens (including phenoxy) is 2. The van der Waals surface area contributed by atoms with Crippen molar-refractivity contribution < 1.29 is 19.2 Å². The van der Waals surface area contributed by atoms with Gasteiger partial charge in [-0.05, 0) is 13.8 Å². The number of nitro groups is 1. The summed E-state index contributed by atoms with van der Waals surface area (Å²) in [6.45, 7) is 3.74. The van der Waals surface area contributed by atoms with Crippen LogP contribution in [0.25, 0.3) is 0 Å². The zero-order chi connectivity index (χ0) is 18.1. The zero-order valence-corrected chi connectivity index (χ0v) is 14.3. The van der Waals surface area contributed by atoms with Crippen molar-refractivity contribution in [1.29, 1.82) is 0 Å². The number of carbonyl (C=O) groups is 1. The number of amides is 1. The molecule has 1 N–H and O–H groups in total. The highest BCUT2D eigenvalue weighted by Crippen LogP contribution is 2.38. The minimum Gasteiger partial charge on any atom is -0.486 e. The fraction of sp³-hybridized carbons (Fsp3) is 0.333. The Morgan fingerprint density at radius 1 is 1.36 bits per heavy atom. The van der Waals surface area contributed by atoms with Crippen LogP contribution < -0.4 is 14.8 Å². The van der Waals surface area contributed by atoms with Crippen LogP contribution in [0.5, 0.6) is 11.5 Å². The van der Waals surface area contributed by atoms with E-state index in [1.807, 2.05) is 0 Å². The summed E-state index contributed by atoms with van der Waals surface area (Å²) >= 11 is 6.15. The van der Waals surface area contributed by atoms with Crippen molar-refractivity contribution in [1.82, 2.24) is 9.78 Å². The van der Waals surface area contributed by atoms with Crippen LogP contribution in [0.3, 0.4) is 0 Å². The fourth-order valence-electron chi connectivity index (χ4n) is 2.59. The average molecular weight is 367 g/mol. The Labute approximate surface area is 147 Å². The SMILES string of the molecule is Cc1nn(CC(=O)Nc2cc3c(cc2Cl)OCCO3)c(C)c1[N+](=O)[O-]. The molecule has 0 aliphatic carbocycles. The van der Waals surface area contributed by atoms with Gasteiger partial charge in [0.15, 0.2) is 11.5 Å². The average Bonchev–Trinajstić information content (AvgIpc) is 2.82. The summed E-state index contributed by atoms with van der Waals surface area (Å²) in [5, 5.41) is 18.0. The predicted octanol–water partition coefficient (Wildman–Crippen LogP) is 2.47. The molecule has 2 aromatic rings. The van der Waals surface area contributed by atoms with Gasteiger partial charge in [-0.25, -0.2) is 0 Å². The highest BCUT2D eigenvalue weighted by molar-refractivity contribution is 6.34. The molecule has 132 valence electrons. The van der Waals surface area contributed by atoms with Crippen molar-refractivity contribution in [3.8, 4) is 11.5 Å². The molecule has 10 heteroatoms. The lowest BCUT2D eigenvalue weighted by Crippen LogP contribution is -2.21. The lowest BCUT2D eigenvalue weighted by Gasteiger charge is -2.20. The Kier molecular flexibility index (Phi) is 4.49. The van der Waals surface area contributed by atoms with Gasteiger partial charge in [-0.1, -0.05) is 11.6 Å². The summed E-state index contributed by atoms with van der Waals surface area (Å²) in [5.41, 5.74) is 0.843. The van der Waals surface area contributed by atoms with Crippen molar-refractivity contribution >= 4 is 28.9 Å². The summed E-state index contributed by atoms with van der Waals surface area (Å²) < 4.78 is 12.2. The Morgan fingerprint density at radius 2 is 2.00 bits per heavy atom. The molecule has 2 heterocycles. The predicted molar refractivity (Wildman–Crippen MR) is 89.4 cm³/mol. The number of hydrogen-bond donors (Lipinski definition) is 1. The Bertz CT molecular complexity index is 864. The molecule has 0 spiro atoms. The number of rotatable bonds is 4. The van der Waals surface area contributed by atoms with Crippen molar-refractivity contribution in [3.63, 3.8) is 0 Å². The van der Waals surface area contributed by atoms with Gasteiger partial charge in [-0.15, -0.1) is 0 Å². The van der Waals surface area contributed by atoms with Crippen LogP contribution in [0, 0.1) is 24.0 Å². The highest BCUT2D eigenvalue weighted by Gasteiger charge is 2.23. The van der Waals surface area contributed by atoms with Gasteiger partial charge >= 0.3 is 5.69 Å². The van der Waals surface area contributed by atoms with Gasteiger partial charge < -0.3 is 14.8 Å². The first-order chi connectivity index (χ1) is 11.9. The fourth-order valence-corrected chi connectivity index (χ4v) is 2.79. The first-order valence-electron chi connectivity index (χ1n) is 7.44. The van der Waals surface area contributed by atoms with Crippen LogP contribution in [-0.4, -0.2) is 33.8 Å². The van der Waals surface area contributed by atoms with Gasteiger partial charge in [-0.2, -0.15) is 5.10 Å². The Balaban J connectivity index is 1.77. The number of nitrogens with one attached hydrogen (secondary N) is 1. The lowest BCUT2D eigenvalue weighted by molar-refractivity contribution is -0.386. The van der Waals surface area contributed by atoms with Crippen LogP contribution in [0.2, 0.25) is 5.02 Å². The number of aromatic nitrogens is 2. The molecule has 1 amide bonds. The van der Waals surface area contributed by atoms with Gasteiger partial charge in [-0.3, -0.25) is 19.6 Å². The van der Waals surface area contributed by atoms with E-state index >= 15 is 0 Å². The third kappa shape index (κ3) is 3.36. The molecule has 1 aliphatic heterocycles. The van der Waals surface area contributed by atoms with E-state index in [-0.39, 0.29) is 17.9 Å². The van der Waals surface area contributed by atoms with E-state index in [0.717, 1.165) is 0 Å². The van der Waals surface area contributed by atoms with Crippen LogP contribution >= 0.6 is 11.6 Å². The molecule has 3 rings (SSSR count). The molecule has 0 unspecified atom stereocenters. The van der Waals surface area contributed by atoms with Crippen molar-refractivity contribution in [2.45, 2.75) is 20.4 Å². The number of nitrogens with zero attached hydrogens (tertiary/aromatic N) is 3. The molecular weight excluding hydrogens is 352 g/mol. The van der Waals surface area contributed by atoms with E-state index in [1.165, 1.54) is 11.6 Å². The van der Waals surface area contributed by atoms with E-state index in [0.29, 0.717) is 41.1 Å². The molecule has 1 aromatic carbocycles. The van der Waals surface area contributed by atoms with E-state index in [9.17, 15) is 14.9 Å². The summed E-state index contributed by atoms with van der Waals surface area (Å²) in [6.07, 6.45) is 0. The molecular formula is C15H15ClN4O5. The van der Waals surface area contributed by atoms with Crippen LogP contribution in [0.1, 0.15) is 11.4 Å². The summed E-state index contributed by atoms with van der Waals surface area (Å²) in [5.74, 6) is 0.593. The minimum absolute atomic E-state index is 0.0924. The molecule has 0 saturated heterocycles. The number of carbonyl (C=O) groups excluding carboxylic acids is 1. The Hall–Kier alpha value is -2.81. The number of aryl methyl sites for hydroxylation is 1. The van der Waals surface area contributed by atoms with Gasteiger partial charge in [0.25, 0.3) is 0 Å². The third-order valence-corrected chi connectivity index (χ3v) is 4.04. The highest BCUT2D eigenvalue weighted by atomic mass is 35.5. The number of benzene rings is 1. The maximum atomic E-state index is 12.3. The van der Waals surface area contributed by atoms with E-state index in [1.54, 1.807) is 19.1 Å². The largest absolute Gasteiger partial charge is 0.486 e. The minimum atomic E-state index is -0.510. The normalized spacial score (nSPS) is 12.8. The van der Waals surface area contributed by atoms with Gasteiger partial charge in [0.05, 0.1) is 15.6 Å². The van der Waals surface area contributed by atoms with E-state index in [2.05, 4.69) is 10.4 Å². The maximum Gasteiger partial charge on any atom is 0.312 e. The van der Waals surface area contributed by atoms with E-state index in [4.69, 9.17) is 21.1 Å². The molecule has 0 fully saturated rings. The molecule has 1 aromatic heterocycles. The summed E-state index contributed by atoms with van der Waals surface area (Å²) in [7, 11) is 0. The quantitative estimate of drug-likeness (QED) is 0.657. The van der Waals surface area contributed by atoms with E-state index < -0.39 is 10.8 Å². The first-order valence-corrected chi connectivity index (χ1v) is 7.82. The van der Waals surface area contributed by atoms with Crippen molar-refractivity contribution in [2.75, 3.05) is 18.5 Å². The van der Waals surface area contributed by atoms with Crippen LogP contribution in [0.4, 0.5) is 11.4 Å². The van der Waals surface area contributed by atoms with Gasteiger partial charge in [0, 0.05) is 12.1 Å². The molecule has 0 atom stereocenters. The number of halogens is 1. The van der Waals surface area contributed by atoms with Crippen molar-refractivity contribution in [2.24, 2.45) is 0 Å². The molecule has 0 bridgehead atoms. The smallest absolute Gasteiger partial charge is 0.312 e. The van der Waals surface area contributed by atoms with Crippen molar-refractivity contribution in [3.05, 3.63) is 38.7 Å². The standard InChI is InChI=1S/C15H15ClN4O5/c1-8-15(20(22)23)9(2)19(18-8)7-14(21)17-11-6-13-12(5-10(11)16)24-3-4-25-13/h5-6H,3-4,7H2,1-2H3,(H,17,21).